The third kappa shape index (κ3) is 5.48. The normalized spacial score (nSPS) is 28.2. The molecule has 3 saturated heterocycles. The third-order valence-electron chi connectivity index (χ3n) is 8.94. The number of hydrazine groups is 1. The topological polar surface area (TPSA) is 105 Å². The minimum atomic E-state index is -0.221. The van der Waals surface area contributed by atoms with Crippen molar-refractivity contribution >= 4 is 35.2 Å². The van der Waals surface area contributed by atoms with Gasteiger partial charge < -0.3 is 19.3 Å². The molecule has 1 saturated carbocycles. The molecule has 6 rings (SSSR count). The molecule has 4 unspecified atom stereocenters. The largest absolute Gasteiger partial charge is 0.450 e. The van der Waals surface area contributed by atoms with Crippen LogP contribution in [0.5, 0.6) is 0 Å². The maximum absolute atomic E-state index is 12.2. The van der Waals surface area contributed by atoms with Gasteiger partial charge in [0, 0.05) is 73.6 Å². The molecule has 3 aliphatic heterocycles. The second-order valence-electron chi connectivity index (χ2n) is 11.7. The molecule has 0 bridgehead atoms. The summed E-state index contributed by atoms with van der Waals surface area (Å²) in [4.78, 5) is 29.9. The smallest absolute Gasteiger partial charge is 0.409 e. The third-order valence-corrected chi connectivity index (χ3v) is 9.54. The number of amides is 1. The van der Waals surface area contributed by atoms with E-state index in [1.165, 1.54) is 0 Å². The van der Waals surface area contributed by atoms with Crippen molar-refractivity contribution in [1.29, 1.82) is 0 Å². The number of likely N-dealkylation sites (tertiary alicyclic amines) is 1. The predicted molar refractivity (Wildman–Crippen MR) is 152 cm³/mol. The average molecular weight is 591 g/mol. The number of nitrogens with one attached hydrogen (secondary N) is 2. The van der Waals surface area contributed by atoms with Gasteiger partial charge in [0.1, 0.15) is 0 Å². The number of rotatable bonds is 6. The van der Waals surface area contributed by atoms with Gasteiger partial charge in [0.15, 0.2) is 0 Å². The molecule has 5 heterocycles. The van der Waals surface area contributed by atoms with Crippen LogP contribution in [-0.2, 0) is 9.47 Å². The molecule has 12 heteroatoms. The molecular formula is C28H37Cl2N7O3. The van der Waals surface area contributed by atoms with Crippen LogP contribution >= 0.6 is 23.2 Å². The molecule has 1 amide bonds. The summed E-state index contributed by atoms with van der Waals surface area (Å²) in [5.41, 5.74) is 8.94. The van der Waals surface area contributed by atoms with Gasteiger partial charge in [-0.3, -0.25) is 10.4 Å². The Morgan fingerprint density at radius 3 is 2.60 bits per heavy atom. The van der Waals surface area contributed by atoms with E-state index in [1.807, 2.05) is 31.1 Å². The van der Waals surface area contributed by atoms with Crippen LogP contribution in [0.2, 0.25) is 10.0 Å². The molecule has 4 fully saturated rings. The fourth-order valence-electron chi connectivity index (χ4n) is 7.03. The molecule has 216 valence electrons. The van der Waals surface area contributed by atoms with Crippen molar-refractivity contribution in [2.75, 3.05) is 37.7 Å². The number of hydrogen-bond acceptors (Lipinski definition) is 9. The van der Waals surface area contributed by atoms with Gasteiger partial charge in [-0.2, -0.15) is 0 Å². The molecule has 2 aromatic heterocycles. The summed E-state index contributed by atoms with van der Waals surface area (Å²) >= 11 is 12.7. The van der Waals surface area contributed by atoms with Crippen LogP contribution < -0.4 is 15.8 Å². The number of anilines is 1. The van der Waals surface area contributed by atoms with Gasteiger partial charge in [-0.25, -0.2) is 20.2 Å². The molecule has 2 N–H and O–H groups in total. The van der Waals surface area contributed by atoms with Crippen LogP contribution in [0, 0.1) is 11.3 Å². The molecule has 1 aliphatic carbocycles. The van der Waals surface area contributed by atoms with Crippen LogP contribution in [0.3, 0.4) is 0 Å². The number of carbonyl (C=O) groups is 1. The van der Waals surface area contributed by atoms with E-state index in [-0.39, 0.29) is 29.8 Å². The molecule has 2 aromatic rings. The van der Waals surface area contributed by atoms with Crippen LogP contribution in [0.1, 0.15) is 69.2 Å². The number of fused-ring (bicyclic) bond motifs is 1. The standard InChI is InChI=1S/C28H37Cl2N7O3/c1-3-39-27(38)36-8-4-7-28(14-36)15-37(16-28)26-32-10-18(11-33-26)25-20-9-19(5-6-23(20)34-35-25)40-17(2)24-21(29)12-31-13-22(24)30/h10-13,17,19-20,23,25,34-35H,3-9,14-16H2,1-2H3/t17-,19?,20?,23?,25?/m1/s1. The van der Waals surface area contributed by atoms with Crippen molar-refractivity contribution in [3.05, 3.63) is 46.0 Å². The van der Waals surface area contributed by atoms with Gasteiger partial charge >= 0.3 is 6.09 Å². The van der Waals surface area contributed by atoms with E-state index < -0.39 is 0 Å². The highest BCUT2D eigenvalue weighted by Gasteiger charge is 2.48. The lowest BCUT2D eigenvalue weighted by molar-refractivity contribution is -0.0370. The lowest BCUT2D eigenvalue weighted by Crippen LogP contribution is -2.64. The zero-order valence-corrected chi connectivity index (χ0v) is 24.5. The van der Waals surface area contributed by atoms with Crippen molar-refractivity contribution in [3.63, 3.8) is 0 Å². The molecule has 10 nitrogen and oxygen atoms in total. The van der Waals surface area contributed by atoms with Gasteiger partial charge in [-0.15, -0.1) is 0 Å². The molecule has 40 heavy (non-hydrogen) atoms. The van der Waals surface area contributed by atoms with E-state index in [9.17, 15) is 4.79 Å². The molecule has 0 aromatic carbocycles. The van der Waals surface area contributed by atoms with Crippen molar-refractivity contribution in [2.45, 2.75) is 70.2 Å². The Morgan fingerprint density at radius 1 is 1.12 bits per heavy atom. The zero-order valence-electron chi connectivity index (χ0n) is 23.0. The van der Waals surface area contributed by atoms with Crippen LogP contribution in [0.25, 0.3) is 0 Å². The van der Waals surface area contributed by atoms with Gasteiger partial charge in [0.25, 0.3) is 0 Å². The maximum Gasteiger partial charge on any atom is 0.409 e. The first-order chi connectivity index (χ1) is 19.4. The number of carbonyl (C=O) groups excluding carboxylic acids is 1. The van der Waals surface area contributed by atoms with Gasteiger partial charge in [-0.1, -0.05) is 23.2 Å². The van der Waals surface area contributed by atoms with E-state index in [2.05, 4.69) is 20.7 Å². The zero-order chi connectivity index (χ0) is 27.9. The quantitative estimate of drug-likeness (QED) is 0.496. The highest BCUT2D eigenvalue weighted by molar-refractivity contribution is 6.35. The highest BCUT2D eigenvalue weighted by atomic mass is 35.5. The minimum Gasteiger partial charge on any atom is -0.450 e. The van der Waals surface area contributed by atoms with E-state index in [0.717, 1.165) is 75.4 Å². The monoisotopic (exact) mass is 589 g/mol. The summed E-state index contributed by atoms with van der Waals surface area (Å²) in [5.74, 6) is 1.10. The molecule has 1 spiro atoms. The summed E-state index contributed by atoms with van der Waals surface area (Å²) in [5, 5.41) is 1.06. The molecule has 0 radical (unpaired) electrons. The van der Waals surface area contributed by atoms with Crippen molar-refractivity contribution in [3.8, 4) is 0 Å². The fraction of sp³-hybridized carbons (Fsp3) is 0.643. The summed E-state index contributed by atoms with van der Waals surface area (Å²) in [7, 11) is 0. The van der Waals surface area contributed by atoms with Crippen LogP contribution in [0.15, 0.2) is 24.8 Å². The molecular weight excluding hydrogens is 553 g/mol. The van der Waals surface area contributed by atoms with Gasteiger partial charge in [-0.05, 0) is 51.9 Å². The lowest BCUT2D eigenvalue weighted by atomic mass is 9.73. The summed E-state index contributed by atoms with van der Waals surface area (Å²) < 4.78 is 11.7. The van der Waals surface area contributed by atoms with E-state index in [1.54, 1.807) is 12.4 Å². The average Bonchev–Trinajstić information content (AvgIpc) is 3.35. The van der Waals surface area contributed by atoms with Crippen molar-refractivity contribution in [1.82, 2.24) is 30.7 Å². The number of piperidine rings is 1. The predicted octanol–water partition coefficient (Wildman–Crippen LogP) is 4.70. The SMILES string of the molecule is CCOC(=O)N1CCCC2(C1)CN(c1ncc(C3NNC4CCC(O[C@H](C)c5c(Cl)cncc5Cl)CC43)cn1)C2. The number of halogens is 2. The van der Waals surface area contributed by atoms with E-state index >= 15 is 0 Å². The number of hydrogen-bond donors (Lipinski definition) is 2. The van der Waals surface area contributed by atoms with E-state index in [0.29, 0.717) is 28.6 Å². The Balaban J connectivity index is 1.06. The Labute approximate surface area is 245 Å². The Bertz CT molecular complexity index is 1190. The summed E-state index contributed by atoms with van der Waals surface area (Å²) in [6.45, 7) is 7.48. The Hall–Kier alpha value is -2.24. The minimum absolute atomic E-state index is 0.0999. The highest BCUT2D eigenvalue weighted by Crippen LogP contribution is 2.43. The number of nitrogens with zero attached hydrogens (tertiary/aromatic N) is 5. The first kappa shape index (κ1) is 27.9. The summed E-state index contributed by atoms with van der Waals surface area (Å²) in [6, 6.07) is 0.477. The second kappa shape index (κ2) is 11.6. The van der Waals surface area contributed by atoms with E-state index in [4.69, 9.17) is 42.6 Å². The fourth-order valence-corrected chi connectivity index (χ4v) is 7.71. The summed E-state index contributed by atoms with van der Waals surface area (Å²) in [6.07, 6.45) is 11.8. The van der Waals surface area contributed by atoms with Crippen LogP contribution in [-0.4, -0.2) is 70.9 Å². The molecule has 5 atom stereocenters. The number of pyridine rings is 1. The number of aromatic nitrogens is 3. The van der Waals surface area contributed by atoms with Crippen LogP contribution in [0.4, 0.5) is 10.7 Å². The first-order valence-electron chi connectivity index (χ1n) is 14.3. The second-order valence-corrected chi connectivity index (χ2v) is 12.5. The molecule has 4 aliphatic rings. The number of ether oxygens (including phenoxy) is 2. The van der Waals surface area contributed by atoms with Gasteiger partial charge in [0.05, 0.1) is 34.9 Å². The van der Waals surface area contributed by atoms with Crippen molar-refractivity contribution < 1.29 is 14.3 Å². The Morgan fingerprint density at radius 2 is 1.88 bits per heavy atom. The maximum atomic E-state index is 12.2. The Kier molecular flexibility index (Phi) is 8.07. The van der Waals surface area contributed by atoms with Crippen molar-refractivity contribution in [2.24, 2.45) is 11.3 Å². The lowest BCUT2D eigenvalue weighted by Gasteiger charge is -2.54. The first-order valence-corrected chi connectivity index (χ1v) is 15.1. The van der Waals surface area contributed by atoms with Gasteiger partial charge in [0.2, 0.25) is 5.95 Å².